The number of aliphatic hydroxyl groups is 1. The number of sulfone groups is 1. The van der Waals surface area contributed by atoms with Gasteiger partial charge in [-0.3, -0.25) is 4.79 Å². The van der Waals surface area contributed by atoms with E-state index >= 15 is 0 Å². The van der Waals surface area contributed by atoms with Crippen LogP contribution < -0.4 is 10.0 Å². The van der Waals surface area contributed by atoms with Crippen LogP contribution in [-0.4, -0.2) is 51.5 Å². The molecule has 1 amide bonds. The number of fused-ring (bicyclic) bond motifs is 2. The smallest absolute Gasteiger partial charge is 0.255 e. The second-order valence-corrected chi connectivity index (χ2v) is 13.9. The molecular formula is C23H25ClF2N2O6S2. The molecule has 2 saturated carbocycles. The van der Waals surface area contributed by atoms with Crippen LogP contribution in [0.15, 0.2) is 41.3 Å². The molecule has 0 heterocycles. The Hall–Kier alpha value is -2.12. The summed E-state index contributed by atoms with van der Waals surface area (Å²) in [4.78, 5) is 12.4. The molecule has 0 spiro atoms. The van der Waals surface area contributed by atoms with Gasteiger partial charge in [-0.25, -0.2) is 30.3 Å². The van der Waals surface area contributed by atoms with E-state index in [9.17, 15) is 35.5 Å². The van der Waals surface area contributed by atoms with Crippen LogP contribution >= 0.6 is 11.6 Å². The van der Waals surface area contributed by atoms with Gasteiger partial charge in [0.1, 0.15) is 0 Å². The zero-order chi connectivity index (χ0) is 26.5. The van der Waals surface area contributed by atoms with Crippen LogP contribution in [0.2, 0.25) is 5.02 Å². The van der Waals surface area contributed by atoms with Crippen LogP contribution in [0.25, 0.3) is 0 Å². The number of benzene rings is 2. The monoisotopic (exact) mass is 562 g/mol. The van der Waals surface area contributed by atoms with E-state index in [-0.39, 0.29) is 40.6 Å². The van der Waals surface area contributed by atoms with Gasteiger partial charge in [0.2, 0.25) is 10.0 Å². The number of halogens is 3. The lowest BCUT2D eigenvalue weighted by molar-refractivity contribution is -0.0525. The molecule has 0 aliphatic heterocycles. The number of carbonyl (C=O) groups excluding carboxylic acids is 1. The number of hydrogen-bond donors (Lipinski definition) is 3. The van der Waals surface area contributed by atoms with Gasteiger partial charge in [-0.05, 0) is 67.9 Å². The lowest BCUT2D eigenvalue weighted by Gasteiger charge is -2.42. The number of hydrogen-bond acceptors (Lipinski definition) is 6. The molecular weight excluding hydrogens is 538 g/mol. The number of sulfonamides is 1. The first kappa shape index (κ1) is 26.9. The molecule has 0 aromatic heterocycles. The Balaban J connectivity index is 1.56. The maximum absolute atomic E-state index is 13.6. The van der Waals surface area contributed by atoms with Crippen molar-refractivity contribution in [2.24, 2.45) is 11.8 Å². The van der Waals surface area contributed by atoms with Crippen LogP contribution in [0, 0.1) is 23.5 Å². The number of anilines is 1. The summed E-state index contributed by atoms with van der Waals surface area (Å²) < 4.78 is 79.2. The number of amides is 1. The van der Waals surface area contributed by atoms with Gasteiger partial charge in [-0.15, -0.1) is 0 Å². The molecule has 2 atom stereocenters. The molecule has 0 radical (unpaired) electrons. The van der Waals surface area contributed by atoms with Crippen molar-refractivity contribution in [2.45, 2.75) is 41.4 Å². The van der Waals surface area contributed by atoms with E-state index in [1.807, 2.05) is 0 Å². The van der Waals surface area contributed by atoms with Gasteiger partial charge in [-0.1, -0.05) is 11.6 Å². The van der Waals surface area contributed by atoms with Crippen molar-refractivity contribution in [3.05, 3.63) is 58.6 Å². The van der Waals surface area contributed by atoms with Gasteiger partial charge in [0, 0.05) is 23.9 Å². The van der Waals surface area contributed by atoms with Crippen molar-refractivity contribution >= 4 is 43.1 Å². The Bertz CT molecular complexity index is 1400. The van der Waals surface area contributed by atoms with E-state index in [1.165, 1.54) is 18.2 Å². The van der Waals surface area contributed by atoms with Crippen LogP contribution in [0.1, 0.15) is 36.0 Å². The summed E-state index contributed by atoms with van der Waals surface area (Å²) in [7, 11) is -7.56. The summed E-state index contributed by atoms with van der Waals surface area (Å²) in [5, 5.41) is 12.6. The van der Waals surface area contributed by atoms with Crippen molar-refractivity contribution in [3.63, 3.8) is 0 Å². The summed E-state index contributed by atoms with van der Waals surface area (Å²) in [5.41, 5.74) is -1.40. The molecule has 2 aliphatic carbocycles. The molecule has 2 fully saturated rings. The number of rotatable bonds is 7. The van der Waals surface area contributed by atoms with E-state index in [4.69, 9.17) is 11.6 Å². The molecule has 2 aromatic rings. The molecule has 13 heteroatoms. The molecule has 3 N–H and O–H groups in total. The third-order valence-electron chi connectivity index (χ3n) is 7.11. The Kier molecular flexibility index (Phi) is 7.21. The minimum absolute atomic E-state index is 0.0101. The summed E-state index contributed by atoms with van der Waals surface area (Å²) in [6, 6.07) is 6.56. The minimum Gasteiger partial charge on any atom is -0.388 e. The number of carbonyl (C=O) groups is 1. The van der Waals surface area contributed by atoms with Crippen LogP contribution in [0.3, 0.4) is 0 Å². The Morgan fingerprint density at radius 2 is 1.69 bits per heavy atom. The SMILES string of the molecule is CS(=O)(=O)NCC1(O)C2CCC1CC(S(=O)(=O)c1cc(C(=O)Nc3ccc(F)c(F)c3)ccc1Cl)C2. The maximum Gasteiger partial charge on any atom is 0.255 e. The largest absolute Gasteiger partial charge is 0.388 e. The van der Waals surface area contributed by atoms with E-state index in [0.29, 0.717) is 12.8 Å². The first-order valence-corrected chi connectivity index (χ1v) is 15.0. The van der Waals surface area contributed by atoms with Gasteiger partial charge in [0.15, 0.2) is 21.5 Å². The summed E-state index contributed by atoms with van der Waals surface area (Å²) in [5.74, 6) is -3.81. The van der Waals surface area contributed by atoms with Crippen molar-refractivity contribution in [3.8, 4) is 0 Å². The first-order chi connectivity index (χ1) is 16.7. The summed E-state index contributed by atoms with van der Waals surface area (Å²) in [6.07, 6.45) is 2.34. The highest BCUT2D eigenvalue weighted by molar-refractivity contribution is 7.92. The fraction of sp³-hybridized carbons (Fsp3) is 0.435. The van der Waals surface area contributed by atoms with Crippen molar-refractivity contribution in [1.82, 2.24) is 4.72 Å². The van der Waals surface area contributed by atoms with E-state index in [1.54, 1.807) is 0 Å². The molecule has 0 saturated heterocycles. The van der Waals surface area contributed by atoms with Crippen molar-refractivity contribution in [1.29, 1.82) is 0 Å². The van der Waals surface area contributed by atoms with Crippen molar-refractivity contribution in [2.75, 3.05) is 18.1 Å². The van der Waals surface area contributed by atoms with E-state index < -0.39 is 60.1 Å². The predicted molar refractivity (Wildman–Crippen MR) is 130 cm³/mol. The third-order valence-corrected chi connectivity index (χ3v) is 10.4. The number of nitrogens with one attached hydrogen (secondary N) is 2. The summed E-state index contributed by atoms with van der Waals surface area (Å²) in [6.45, 7) is -0.186. The minimum atomic E-state index is -4.02. The highest BCUT2D eigenvalue weighted by Crippen LogP contribution is 2.52. The van der Waals surface area contributed by atoms with Gasteiger partial charge < -0.3 is 10.4 Å². The molecule has 2 bridgehead atoms. The lowest BCUT2D eigenvalue weighted by atomic mass is 9.74. The maximum atomic E-state index is 13.6. The second-order valence-electron chi connectivity index (χ2n) is 9.42. The predicted octanol–water partition coefficient (Wildman–Crippen LogP) is 3.11. The Morgan fingerprint density at radius 1 is 1.06 bits per heavy atom. The molecule has 2 aromatic carbocycles. The Morgan fingerprint density at radius 3 is 2.28 bits per heavy atom. The van der Waals surface area contributed by atoms with E-state index in [2.05, 4.69) is 10.0 Å². The molecule has 4 rings (SSSR count). The molecule has 8 nitrogen and oxygen atoms in total. The van der Waals surface area contributed by atoms with Gasteiger partial charge in [0.05, 0.1) is 27.0 Å². The highest BCUT2D eigenvalue weighted by Gasteiger charge is 2.55. The fourth-order valence-electron chi connectivity index (χ4n) is 5.22. The summed E-state index contributed by atoms with van der Waals surface area (Å²) >= 11 is 6.22. The second kappa shape index (κ2) is 9.64. The normalized spacial score (nSPS) is 26.1. The average molecular weight is 563 g/mol. The zero-order valence-electron chi connectivity index (χ0n) is 19.2. The molecule has 2 unspecified atom stereocenters. The Labute approximate surface area is 213 Å². The fourth-order valence-corrected chi connectivity index (χ4v) is 8.11. The third kappa shape index (κ3) is 5.28. The quantitative estimate of drug-likeness (QED) is 0.475. The van der Waals surface area contributed by atoms with Gasteiger partial charge >= 0.3 is 0 Å². The average Bonchev–Trinajstić information content (AvgIpc) is 2.96. The highest BCUT2D eigenvalue weighted by atomic mass is 35.5. The lowest BCUT2D eigenvalue weighted by Crippen LogP contribution is -2.54. The van der Waals surface area contributed by atoms with E-state index in [0.717, 1.165) is 24.5 Å². The topological polar surface area (TPSA) is 130 Å². The van der Waals surface area contributed by atoms with Crippen molar-refractivity contribution < 1.29 is 35.5 Å². The molecule has 196 valence electrons. The molecule has 2 aliphatic rings. The van der Waals surface area contributed by atoms with Crippen LogP contribution in [0.4, 0.5) is 14.5 Å². The molecule has 36 heavy (non-hydrogen) atoms. The van der Waals surface area contributed by atoms with Gasteiger partial charge in [-0.2, -0.15) is 0 Å². The standard InChI is InChI=1S/C23H25ClF2N2O6S2/c1-35(31,32)27-12-23(30)14-3-4-15(23)10-17(9-14)36(33,34)21-8-13(2-6-18(21)24)22(29)28-16-5-7-19(25)20(26)11-16/h2,5-8,11,14-15,17,27,30H,3-4,9-10,12H2,1H3,(H,28,29). The zero-order valence-corrected chi connectivity index (χ0v) is 21.6. The van der Waals surface area contributed by atoms with Gasteiger partial charge in [0.25, 0.3) is 5.91 Å². The first-order valence-electron chi connectivity index (χ1n) is 11.2. The van der Waals surface area contributed by atoms with Crippen LogP contribution in [-0.2, 0) is 19.9 Å². The van der Waals surface area contributed by atoms with Crippen LogP contribution in [0.5, 0.6) is 0 Å².